The van der Waals surface area contributed by atoms with Gasteiger partial charge >= 0.3 is 0 Å². The molecule has 0 heterocycles. The van der Waals surface area contributed by atoms with Crippen molar-refractivity contribution in [2.75, 3.05) is 12.3 Å². The van der Waals surface area contributed by atoms with E-state index in [1.54, 1.807) is 17.8 Å². The highest BCUT2D eigenvalue weighted by Gasteiger charge is 1.99. The van der Waals surface area contributed by atoms with Crippen LogP contribution in [0, 0.1) is 12.5 Å². The summed E-state index contributed by atoms with van der Waals surface area (Å²) in [5.74, 6) is 0.953. The number of benzene rings is 1. The number of aryl methyl sites for hydroxylation is 1. The third kappa shape index (κ3) is 5.84. The van der Waals surface area contributed by atoms with E-state index < -0.39 is 0 Å². The van der Waals surface area contributed by atoms with E-state index in [1.165, 1.54) is 5.56 Å². The number of aliphatic imine (C=N–C) groups is 1. The maximum atomic E-state index is 5.17. The van der Waals surface area contributed by atoms with Gasteiger partial charge in [0.2, 0.25) is 0 Å². The first kappa shape index (κ1) is 13.4. The lowest BCUT2D eigenvalue weighted by atomic mass is 10.2. The van der Waals surface area contributed by atoms with Crippen molar-refractivity contribution in [2.24, 2.45) is 4.99 Å². The molecule has 1 rings (SSSR count). The third-order valence-electron chi connectivity index (χ3n) is 2.04. The van der Waals surface area contributed by atoms with Gasteiger partial charge in [0, 0.05) is 18.3 Å². The molecule has 0 unspecified atom stereocenters. The van der Waals surface area contributed by atoms with E-state index in [2.05, 4.69) is 35.1 Å². The summed E-state index contributed by atoms with van der Waals surface area (Å²) >= 11 is 1.63. The molecule has 0 fully saturated rings. The number of hydrogen-bond acceptors (Lipinski definition) is 2. The standard InChI is InChI=1S/C14H16N2S/c1-3-11-16-14(15-4-2)17-12-10-13-8-6-5-7-9-13/h2-3,5-9H,1,10-12H2,(H,15,16). The normalized spacial score (nSPS) is 10.6. The summed E-state index contributed by atoms with van der Waals surface area (Å²) in [6.45, 7) is 4.32. The average molecular weight is 244 g/mol. The van der Waals surface area contributed by atoms with Crippen LogP contribution in [0.5, 0.6) is 0 Å². The second-order valence-electron chi connectivity index (χ2n) is 3.30. The number of rotatable bonds is 5. The molecule has 0 radical (unpaired) electrons. The zero-order valence-electron chi connectivity index (χ0n) is 9.73. The molecule has 88 valence electrons. The lowest BCUT2D eigenvalue weighted by Crippen LogP contribution is -2.20. The van der Waals surface area contributed by atoms with Gasteiger partial charge in [-0.05, 0) is 12.0 Å². The van der Waals surface area contributed by atoms with Gasteiger partial charge in [-0.25, -0.2) is 0 Å². The van der Waals surface area contributed by atoms with E-state index in [1.807, 2.05) is 18.2 Å². The summed E-state index contributed by atoms with van der Waals surface area (Å²) < 4.78 is 0. The van der Waals surface area contributed by atoms with Gasteiger partial charge in [0.05, 0.1) is 0 Å². The zero-order chi connectivity index (χ0) is 12.3. The molecule has 0 bridgehead atoms. The molecule has 0 aliphatic heterocycles. The van der Waals surface area contributed by atoms with E-state index in [9.17, 15) is 0 Å². The van der Waals surface area contributed by atoms with Crippen molar-refractivity contribution in [3.63, 3.8) is 0 Å². The molecule has 0 amide bonds. The Morgan fingerprint density at radius 3 is 2.88 bits per heavy atom. The monoisotopic (exact) mass is 244 g/mol. The molecule has 0 spiro atoms. The van der Waals surface area contributed by atoms with Gasteiger partial charge in [-0.1, -0.05) is 54.6 Å². The molecule has 1 N–H and O–H groups in total. The molecule has 0 aromatic heterocycles. The van der Waals surface area contributed by atoms with Crippen LogP contribution in [0.15, 0.2) is 48.0 Å². The molecular weight excluding hydrogens is 228 g/mol. The molecule has 3 heteroatoms. The van der Waals surface area contributed by atoms with Crippen LogP contribution in [-0.4, -0.2) is 17.5 Å². The molecule has 0 aliphatic rings. The summed E-state index contributed by atoms with van der Waals surface area (Å²) in [7, 11) is 0. The minimum absolute atomic E-state index is 0.679. The van der Waals surface area contributed by atoms with Gasteiger partial charge in [-0.2, -0.15) is 4.99 Å². The second kappa shape index (κ2) is 8.49. The van der Waals surface area contributed by atoms with Gasteiger partial charge in [0.25, 0.3) is 0 Å². The van der Waals surface area contributed by atoms with E-state index in [0.29, 0.717) is 6.54 Å². The number of nitrogens with one attached hydrogen (secondary N) is 1. The molecule has 0 saturated carbocycles. The molecule has 1 aromatic carbocycles. The summed E-state index contributed by atoms with van der Waals surface area (Å²) in [5, 5.41) is 3.89. The Bertz CT molecular complexity index is 404. The number of nitrogens with zero attached hydrogens (tertiary/aromatic N) is 1. The van der Waals surface area contributed by atoms with Crippen LogP contribution in [0.1, 0.15) is 5.56 Å². The van der Waals surface area contributed by atoms with Gasteiger partial charge in [-0.3, -0.25) is 0 Å². The first-order valence-corrected chi connectivity index (χ1v) is 6.40. The van der Waals surface area contributed by atoms with Gasteiger partial charge in [0.1, 0.15) is 0 Å². The van der Waals surface area contributed by atoms with Gasteiger partial charge < -0.3 is 5.32 Å². The summed E-state index contributed by atoms with van der Waals surface area (Å²) in [6.07, 6.45) is 7.95. The van der Waals surface area contributed by atoms with Crippen LogP contribution in [-0.2, 0) is 6.42 Å². The van der Waals surface area contributed by atoms with Crippen molar-refractivity contribution < 1.29 is 0 Å². The summed E-state index contributed by atoms with van der Waals surface area (Å²) in [4.78, 5) is 3.94. The molecule has 0 aliphatic carbocycles. The van der Waals surface area contributed by atoms with E-state index >= 15 is 0 Å². The van der Waals surface area contributed by atoms with Crippen LogP contribution >= 0.6 is 11.8 Å². The fourth-order valence-electron chi connectivity index (χ4n) is 1.25. The largest absolute Gasteiger partial charge is 0.361 e. The van der Waals surface area contributed by atoms with Crippen molar-refractivity contribution in [3.8, 4) is 12.5 Å². The molecule has 0 saturated heterocycles. The second-order valence-corrected chi connectivity index (χ2v) is 4.38. The number of amidine groups is 1. The first-order valence-electron chi connectivity index (χ1n) is 5.41. The quantitative estimate of drug-likeness (QED) is 0.373. The number of terminal acetylenes is 1. The number of thioether (sulfide) groups is 1. The maximum absolute atomic E-state index is 5.17. The number of hydrogen-bond donors (Lipinski definition) is 1. The van der Waals surface area contributed by atoms with E-state index in [-0.39, 0.29) is 0 Å². The first-order chi connectivity index (χ1) is 8.36. The highest BCUT2D eigenvalue weighted by molar-refractivity contribution is 8.13. The topological polar surface area (TPSA) is 24.4 Å². The van der Waals surface area contributed by atoms with Crippen LogP contribution in [0.2, 0.25) is 0 Å². The lowest BCUT2D eigenvalue weighted by molar-refractivity contribution is 1.06. The maximum Gasteiger partial charge on any atom is 0.171 e. The minimum atomic E-state index is 0.679. The molecule has 17 heavy (non-hydrogen) atoms. The van der Waals surface area contributed by atoms with Crippen molar-refractivity contribution >= 4 is 16.9 Å². The average Bonchev–Trinajstić information content (AvgIpc) is 2.37. The van der Waals surface area contributed by atoms with Crippen LogP contribution in [0.25, 0.3) is 0 Å². The molecule has 0 atom stereocenters. The smallest absolute Gasteiger partial charge is 0.171 e. The fourth-order valence-corrected chi connectivity index (χ4v) is 2.08. The van der Waals surface area contributed by atoms with E-state index in [4.69, 9.17) is 6.42 Å². The fraction of sp³-hybridized carbons (Fsp3) is 0.214. The van der Waals surface area contributed by atoms with Crippen molar-refractivity contribution in [1.82, 2.24) is 5.32 Å². The molecular formula is C14H16N2S. The van der Waals surface area contributed by atoms with Crippen molar-refractivity contribution in [3.05, 3.63) is 48.6 Å². The Kier molecular flexibility index (Phi) is 6.69. The SMILES string of the molecule is C#CN=C(NCC=C)SCCc1ccccc1. The third-order valence-corrected chi connectivity index (χ3v) is 2.95. The Morgan fingerprint density at radius 2 is 2.24 bits per heavy atom. The zero-order valence-corrected chi connectivity index (χ0v) is 10.5. The highest BCUT2D eigenvalue weighted by atomic mass is 32.2. The Morgan fingerprint density at radius 1 is 1.47 bits per heavy atom. The van der Waals surface area contributed by atoms with Crippen LogP contribution < -0.4 is 5.32 Å². The Balaban J connectivity index is 2.35. The molecule has 2 nitrogen and oxygen atoms in total. The Labute approximate surface area is 107 Å². The van der Waals surface area contributed by atoms with Gasteiger partial charge in [0.15, 0.2) is 5.17 Å². The molecule has 1 aromatic rings. The van der Waals surface area contributed by atoms with Crippen LogP contribution in [0.3, 0.4) is 0 Å². The summed E-state index contributed by atoms with van der Waals surface area (Å²) in [6, 6.07) is 12.7. The van der Waals surface area contributed by atoms with Crippen molar-refractivity contribution in [1.29, 1.82) is 0 Å². The predicted molar refractivity (Wildman–Crippen MR) is 77.1 cm³/mol. The van der Waals surface area contributed by atoms with Crippen LogP contribution in [0.4, 0.5) is 0 Å². The summed E-state index contributed by atoms with van der Waals surface area (Å²) in [5.41, 5.74) is 1.32. The predicted octanol–water partition coefficient (Wildman–Crippen LogP) is 2.68. The highest BCUT2D eigenvalue weighted by Crippen LogP contribution is 2.07. The van der Waals surface area contributed by atoms with E-state index in [0.717, 1.165) is 17.3 Å². The van der Waals surface area contributed by atoms with Crippen molar-refractivity contribution in [2.45, 2.75) is 6.42 Å². The lowest BCUT2D eigenvalue weighted by Gasteiger charge is -2.05. The minimum Gasteiger partial charge on any atom is -0.361 e. The Hall–Kier alpha value is -1.66. The van der Waals surface area contributed by atoms with Gasteiger partial charge in [-0.15, -0.1) is 6.58 Å².